The van der Waals surface area contributed by atoms with Crippen molar-refractivity contribution >= 4 is 5.97 Å². The smallest absolute Gasteiger partial charge is 0.303 e. The fraction of sp³-hybridized carbons (Fsp3) is 0.625. The molecule has 1 rings (SSSR count). The molecular weight excluding hydrogens is 156 g/mol. The van der Waals surface area contributed by atoms with Crippen LogP contribution >= 0.6 is 0 Å². The van der Waals surface area contributed by atoms with Crippen LogP contribution in [0.4, 0.5) is 0 Å². The topological polar surface area (TPSA) is 81.2 Å². The van der Waals surface area contributed by atoms with Crippen LogP contribution in [0, 0.1) is 12.3 Å². The van der Waals surface area contributed by atoms with Gasteiger partial charge in [-0.1, -0.05) is 0 Å². The zero-order valence-electron chi connectivity index (χ0n) is 6.76. The zero-order valence-corrected chi connectivity index (χ0v) is 6.76. The number of rotatable bonds is 5. The van der Waals surface area contributed by atoms with Gasteiger partial charge in [0.1, 0.15) is 0 Å². The Balaban J connectivity index is 2.21. The summed E-state index contributed by atoms with van der Waals surface area (Å²) in [4.78, 5) is 10.3. The van der Waals surface area contributed by atoms with Crippen molar-refractivity contribution in [2.24, 2.45) is 0 Å². The van der Waals surface area contributed by atoms with Gasteiger partial charge >= 0.3 is 5.97 Å². The van der Waals surface area contributed by atoms with Crippen LogP contribution in [-0.2, 0) is 4.79 Å². The second kappa shape index (κ2) is 3.57. The molecule has 0 atom stereocenters. The van der Waals surface area contributed by atoms with Crippen LogP contribution in [0.2, 0.25) is 0 Å². The molecule has 4 nitrogen and oxygen atoms in total. The molecule has 0 aromatic carbocycles. The van der Waals surface area contributed by atoms with Crippen LogP contribution in [0.3, 0.4) is 0 Å². The molecule has 3 N–H and O–H groups in total. The SMILES string of the molecule is C#CCCC1(CCC(=O)O)NN1. The van der Waals surface area contributed by atoms with E-state index in [2.05, 4.69) is 16.8 Å². The first-order chi connectivity index (χ1) is 5.68. The number of hydrazine groups is 1. The molecule has 66 valence electrons. The van der Waals surface area contributed by atoms with E-state index in [-0.39, 0.29) is 12.1 Å². The number of hydrogen-bond acceptors (Lipinski definition) is 3. The van der Waals surface area contributed by atoms with E-state index in [0.29, 0.717) is 12.8 Å². The maximum Gasteiger partial charge on any atom is 0.303 e. The van der Waals surface area contributed by atoms with Gasteiger partial charge < -0.3 is 5.11 Å². The normalized spacial score (nSPS) is 18.2. The fourth-order valence-electron chi connectivity index (χ4n) is 1.07. The van der Waals surface area contributed by atoms with Crippen LogP contribution in [0.5, 0.6) is 0 Å². The maximum absolute atomic E-state index is 10.3. The Kier molecular flexibility index (Phi) is 2.69. The van der Waals surface area contributed by atoms with Gasteiger partial charge in [0, 0.05) is 12.8 Å². The van der Waals surface area contributed by atoms with Gasteiger partial charge in [0.25, 0.3) is 0 Å². The van der Waals surface area contributed by atoms with Crippen molar-refractivity contribution in [2.75, 3.05) is 0 Å². The number of hydrogen-bond donors (Lipinski definition) is 3. The van der Waals surface area contributed by atoms with Gasteiger partial charge in [-0.05, 0) is 12.8 Å². The number of carboxylic acids is 1. The number of aliphatic carboxylic acids is 1. The van der Waals surface area contributed by atoms with E-state index in [4.69, 9.17) is 11.5 Å². The number of carboxylic acid groups (broad SMARTS) is 1. The number of terminal acetylenes is 1. The lowest BCUT2D eigenvalue weighted by atomic mass is 10.0. The molecule has 0 unspecified atom stereocenters. The highest BCUT2D eigenvalue weighted by molar-refractivity contribution is 5.66. The largest absolute Gasteiger partial charge is 0.481 e. The summed E-state index contributed by atoms with van der Waals surface area (Å²) in [5.41, 5.74) is 5.67. The van der Waals surface area contributed by atoms with Gasteiger partial charge in [0.2, 0.25) is 0 Å². The molecule has 0 radical (unpaired) electrons. The Hall–Kier alpha value is -1.05. The molecule has 0 aromatic rings. The molecule has 0 bridgehead atoms. The Morgan fingerprint density at radius 1 is 1.50 bits per heavy atom. The second-order valence-electron chi connectivity index (χ2n) is 2.93. The predicted molar refractivity (Wildman–Crippen MR) is 43.9 cm³/mol. The van der Waals surface area contributed by atoms with E-state index in [1.807, 2.05) is 0 Å². The summed E-state index contributed by atoms with van der Waals surface area (Å²) in [6, 6.07) is 0. The zero-order chi connectivity index (χ0) is 9.03. The third kappa shape index (κ3) is 2.53. The minimum absolute atomic E-state index is 0.171. The first-order valence-corrected chi connectivity index (χ1v) is 3.88. The summed E-state index contributed by atoms with van der Waals surface area (Å²) >= 11 is 0. The summed E-state index contributed by atoms with van der Waals surface area (Å²) in [7, 11) is 0. The maximum atomic E-state index is 10.3. The van der Waals surface area contributed by atoms with E-state index in [9.17, 15) is 4.79 Å². The van der Waals surface area contributed by atoms with Crippen LogP contribution in [0.1, 0.15) is 25.7 Å². The summed E-state index contributed by atoms with van der Waals surface area (Å²) in [6.07, 6.45) is 7.31. The van der Waals surface area contributed by atoms with Gasteiger partial charge in [-0.2, -0.15) is 0 Å². The third-order valence-electron chi connectivity index (χ3n) is 1.94. The Labute approximate surface area is 71.3 Å². The average molecular weight is 168 g/mol. The molecule has 0 aromatic heterocycles. The van der Waals surface area contributed by atoms with Crippen molar-refractivity contribution in [2.45, 2.75) is 31.3 Å². The van der Waals surface area contributed by atoms with E-state index in [1.165, 1.54) is 0 Å². The van der Waals surface area contributed by atoms with Crippen molar-refractivity contribution < 1.29 is 9.90 Å². The molecule has 1 aliphatic rings. The summed E-state index contributed by atoms with van der Waals surface area (Å²) < 4.78 is 0. The van der Waals surface area contributed by atoms with Crippen LogP contribution in [-0.4, -0.2) is 16.7 Å². The molecule has 0 saturated carbocycles. The van der Waals surface area contributed by atoms with Gasteiger partial charge in [-0.25, -0.2) is 10.9 Å². The number of nitrogens with one attached hydrogen (secondary N) is 2. The molecule has 1 saturated heterocycles. The molecular formula is C8H12N2O2. The summed E-state index contributed by atoms with van der Waals surface area (Å²) in [5, 5.41) is 8.43. The van der Waals surface area contributed by atoms with E-state index >= 15 is 0 Å². The minimum atomic E-state index is -0.773. The molecule has 12 heavy (non-hydrogen) atoms. The van der Waals surface area contributed by atoms with Crippen molar-refractivity contribution in [1.29, 1.82) is 0 Å². The fourth-order valence-corrected chi connectivity index (χ4v) is 1.07. The minimum Gasteiger partial charge on any atom is -0.481 e. The van der Waals surface area contributed by atoms with Crippen LogP contribution in [0.15, 0.2) is 0 Å². The van der Waals surface area contributed by atoms with Crippen LogP contribution in [0.25, 0.3) is 0 Å². The van der Waals surface area contributed by atoms with Crippen molar-refractivity contribution in [1.82, 2.24) is 10.9 Å². The highest BCUT2D eigenvalue weighted by Gasteiger charge is 2.40. The molecule has 1 fully saturated rings. The van der Waals surface area contributed by atoms with Crippen molar-refractivity contribution in [3.8, 4) is 12.3 Å². The van der Waals surface area contributed by atoms with Gasteiger partial charge in [-0.3, -0.25) is 4.79 Å². The standard InChI is InChI=1S/C8H12N2O2/c1-2-3-5-8(9-10-8)6-4-7(11)12/h1,9-10H,3-6H2,(H,11,12). The average Bonchev–Trinajstić information content (AvgIpc) is 2.79. The van der Waals surface area contributed by atoms with Gasteiger partial charge in [0.05, 0.1) is 5.66 Å². The molecule has 0 spiro atoms. The Morgan fingerprint density at radius 2 is 2.17 bits per heavy atom. The lowest BCUT2D eigenvalue weighted by molar-refractivity contribution is -0.137. The quantitative estimate of drug-likeness (QED) is 0.401. The summed E-state index contributed by atoms with van der Waals surface area (Å²) in [5.74, 6) is 1.75. The molecule has 4 heteroatoms. The highest BCUT2D eigenvalue weighted by atomic mass is 16.4. The number of carbonyl (C=O) groups is 1. The van der Waals surface area contributed by atoms with Gasteiger partial charge in [-0.15, -0.1) is 12.3 Å². The molecule has 1 aliphatic heterocycles. The van der Waals surface area contributed by atoms with E-state index < -0.39 is 5.97 Å². The highest BCUT2D eigenvalue weighted by Crippen LogP contribution is 2.23. The van der Waals surface area contributed by atoms with E-state index in [0.717, 1.165) is 6.42 Å². The Morgan fingerprint density at radius 3 is 2.58 bits per heavy atom. The monoisotopic (exact) mass is 168 g/mol. The second-order valence-corrected chi connectivity index (χ2v) is 2.93. The first kappa shape index (κ1) is 9.04. The Bertz CT molecular complexity index is 216. The molecule has 1 heterocycles. The van der Waals surface area contributed by atoms with Crippen molar-refractivity contribution in [3.05, 3.63) is 0 Å². The van der Waals surface area contributed by atoms with E-state index in [1.54, 1.807) is 0 Å². The lowest BCUT2D eigenvalue weighted by Gasteiger charge is -2.06. The first-order valence-electron chi connectivity index (χ1n) is 3.88. The van der Waals surface area contributed by atoms with Crippen molar-refractivity contribution in [3.63, 3.8) is 0 Å². The lowest BCUT2D eigenvalue weighted by Crippen LogP contribution is -2.18. The molecule has 0 aliphatic carbocycles. The third-order valence-corrected chi connectivity index (χ3v) is 1.94. The van der Waals surface area contributed by atoms with Gasteiger partial charge in [0.15, 0.2) is 0 Å². The predicted octanol–water partition coefficient (Wildman–Crippen LogP) is 0.0687. The molecule has 0 amide bonds. The summed E-state index contributed by atoms with van der Waals surface area (Å²) in [6.45, 7) is 0. The van der Waals surface area contributed by atoms with Crippen LogP contribution < -0.4 is 10.9 Å².